The van der Waals surface area contributed by atoms with Crippen molar-refractivity contribution in [2.75, 3.05) is 13.7 Å². The average molecular weight is 485 g/mol. The Morgan fingerprint density at radius 3 is 2.34 bits per heavy atom. The second kappa shape index (κ2) is 16.2. The number of hydrogen-bond acceptors (Lipinski definition) is 5. The molecular weight excluding hydrogens is 440 g/mol. The lowest BCUT2D eigenvalue weighted by atomic mass is 9.92. The van der Waals surface area contributed by atoms with Crippen LogP contribution in [0.15, 0.2) is 83.1 Å². The van der Waals surface area contributed by atoms with E-state index in [9.17, 15) is 15.0 Å². The second-order valence-corrected chi connectivity index (χ2v) is 9.38. The van der Waals surface area contributed by atoms with E-state index in [4.69, 9.17) is 9.47 Å². The standard InChI is InChI=1S/C30H44O5/c1-21-12-11-14-29(33)35-17-10-8-9-13-24(4)30(34-7)26(6)27(31)16-15-22(2)18-23(3)19-25(5)28(32)20-21/h8-9,11-13,15-16,18-20,25-28,30-32H,10,14,17H2,1-7H3/b9-8+,12-11+,16-15+,21-20+,22-18-,23-19-,24-13+/t25-,26-,27+,28+,30+/m0/s1. The van der Waals surface area contributed by atoms with Crippen LogP contribution in [0.5, 0.6) is 0 Å². The fraction of sp³-hybridized carbons (Fsp3) is 0.500. The maximum absolute atomic E-state index is 11.9. The van der Waals surface area contributed by atoms with Crippen LogP contribution in [0.3, 0.4) is 0 Å². The molecule has 1 rings (SSSR count). The first-order valence-corrected chi connectivity index (χ1v) is 12.3. The number of carbonyl (C=O) groups is 1. The molecule has 0 unspecified atom stereocenters. The molecule has 0 spiro atoms. The molecule has 5 atom stereocenters. The fourth-order valence-electron chi connectivity index (χ4n) is 3.92. The fourth-order valence-corrected chi connectivity index (χ4v) is 3.92. The largest absolute Gasteiger partial charge is 0.465 e. The summed E-state index contributed by atoms with van der Waals surface area (Å²) in [5, 5.41) is 21.3. The zero-order valence-corrected chi connectivity index (χ0v) is 22.4. The van der Waals surface area contributed by atoms with Gasteiger partial charge in [-0.25, -0.2) is 0 Å². The molecule has 5 nitrogen and oxygen atoms in total. The van der Waals surface area contributed by atoms with Crippen molar-refractivity contribution >= 4 is 5.97 Å². The third-order valence-corrected chi connectivity index (χ3v) is 5.94. The first-order chi connectivity index (χ1) is 16.5. The highest BCUT2D eigenvalue weighted by atomic mass is 16.5. The number of esters is 1. The third kappa shape index (κ3) is 12.2. The van der Waals surface area contributed by atoms with Crippen LogP contribution in [0, 0.1) is 11.8 Å². The van der Waals surface area contributed by atoms with Gasteiger partial charge in [0.25, 0.3) is 0 Å². The summed E-state index contributed by atoms with van der Waals surface area (Å²) in [5.41, 5.74) is 3.92. The lowest BCUT2D eigenvalue weighted by molar-refractivity contribution is -0.142. The van der Waals surface area contributed by atoms with E-state index in [1.165, 1.54) is 0 Å². The summed E-state index contributed by atoms with van der Waals surface area (Å²) >= 11 is 0. The van der Waals surface area contributed by atoms with Gasteiger partial charge in [-0.1, -0.05) is 91.3 Å². The molecule has 0 radical (unpaired) electrons. The Morgan fingerprint density at radius 2 is 1.66 bits per heavy atom. The highest BCUT2D eigenvalue weighted by Crippen LogP contribution is 2.21. The molecular formula is C30H44O5. The maximum atomic E-state index is 11.9. The van der Waals surface area contributed by atoms with Gasteiger partial charge in [0.2, 0.25) is 0 Å². The predicted octanol–water partition coefficient (Wildman–Crippen LogP) is 5.79. The monoisotopic (exact) mass is 484 g/mol. The average Bonchev–Trinajstić information content (AvgIpc) is 2.79. The van der Waals surface area contributed by atoms with Crippen molar-refractivity contribution < 1.29 is 24.5 Å². The Bertz CT molecular complexity index is 884. The van der Waals surface area contributed by atoms with Gasteiger partial charge >= 0.3 is 5.97 Å². The molecule has 1 aliphatic rings. The Balaban J connectivity index is 3.17. The summed E-state index contributed by atoms with van der Waals surface area (Å²) < 4.78 is 10.9. The Morgan fingerprint density at radius 1 is 0.943 bits per heavy atom. The Labute approximate surface area is 211 Å². The van der Waals surface area contributed by atoms with Crippen molar-refractivity contribution in [3.63, 3.8) is 0 Å². The minimum Gasteiger partial charge on any atom is -0.465 e. The van der Waals surface area contributed by atoms with Crippen LogP contribution in [0.2, 0.25) is 0 Å². The topological polar surface area (TPSA) is 76.0 Å². The molecule has 5 heteroatoms. The summed E-state index contributed by atoms with van der Waals surface area (Å²) in [6, 6.07) is 0. The lowest BCUT2D eigenvalue weighted by Gasteiger charge is -2.26. The molecule has 194 valence electrons. The van der Waals surface area contributed by atoms with Gasteiger partial charge in [-0.2, -0.15) is 0 Å². The molecule has 2 N–H and O–H groups in total. The summed E-state index contributed by atoms with van der Waals surface area (Å²) in [7, 11) is 1.65. The van der Waals surface area contributed by atoms with Crippen LogP contribution in [0.4, 0.5) is 0 Å². The molecule has 0 saturated carbocycles. The normalized spacial score (nSPS) is 37.5. The van der Waals surface area contributed by atoms with Crippen LogP contribution < -0.4 is 0 Å². The Kier molecular flexibility index (Phi) is 14.2. The smallest absolute Gasteiger partial charge is 0.309 e. The van der Waals surface area contributed by atoms with Gasteiger partial charge in [0.05, 0.1) is 31.3 Å². The van der Waals surface area contributed by atoms with Crippen molar-refractivity contribution in [3.8, 4) is 0 Å². The van der Waals surface area contributed by atoms with Crippen LogP contribution in [0.25, 0.3) is 0 Å². The number of allylic oxidation sites excluding steroid dienone is 8. The molecule has 1 heterocycles. The quantitative estimate of drug-likeness (QED) is 0.461. The zero-order valence-electron chi connectivity index (χ0n) is 22.4. The highest BCUT2D eigenvalue weighted by Gasteiger charge is 2.23. The minimum absolute atomic E-state index is 0.0854. The molecule has 0 bridgehead atoms. The van der Waals surface area contributed by atoms with E-state index in [2.05, 4.69) is 0 Å². The number of hydrogen-bond donors (Lipinski definition) is 2. The number of cyclic esters (lactones) is 1. The van der Waals surface area contributed by atoms with Crippen molar-refractivity contribution in [2.45, 2.75) is 72.7 Å². The molecule has 0 aromatic heterocycles. The van der Waals surface area contributed by atoms with Gasteiger partial charge in [0.1, 0.15) is 0 Å². The Hall–Kier alpha value is -2.47. The molecule has 1 aliphatic heterocycles. The van der Waals surface area contributed by atoms with Crippen LogP contribution in [-0.2, 0) is 14.3 Å². The SMILES string of the molecule is CO[C@@H]1/C(C)=C/C=C/CCOC(=O)C/C=C/C(C)=C/[C@@H](O)[C@@H](C)\C=C(C)/C=C(C)\C=C\[C@@H](O)[C@@H]1C. The summed E-state index contributed by atoms with van der Waals surface area (Å²) in [5.74, 6) is -0.513. The molecule has 0 aromatic rings. The van der Waals surface area contributed by atoms with Gasteiger partial charge in [-0.15, -0.1) is 0 Å². The summed E-state index contributed by atoms with van der Waals surface area (Å²) in [4.78, 5) is 11.9. The van der Waals surface area contributed by atoms with Crippen molar-refractivity contribution in [1.29, 1.82) is 0 Å². The van der Waals surface area contributed by atoms with Gasteiger partial charge in [-0.3, -0.25) is 4.79 Å². The van der Waals surface area contributed by atoms with Gasteiger partial charge < -0.3 is 19.7 Å². The van der Waals surface area contributed by atoms with Crippen LogP contribution in [0.1, 0.15) is 54.4 Å². The second-order valence-electron chi connectivity index (χ2n) is 9.38. The van der Waals surface area contributed by atoms with Crippen LogP contribution >= 0.6 is 0 Å². The number of methoxy groups -OCH3 is 1. The van der Waals surface area contributed by atoms with E-state index in [1.807, 2.05) is 84.1 Å². The number of carbonyl (C=O) groups excluding carboxylic acids is 1. The van der Waals surface area contributed by atoms with Crippen LogP contribution in [-0.4, -0.2) is 48.2 Å². The first-order valence-electron chi connectivity index (χ1n) is 12.3. The van der Waals surface area contributed by atoms with Gasteiger partial charge in [-0.05, 0) is 39.7 Å². The maximum Gasteiger partial charge on any atom is 0.309 e. The van der Waals surface area contributed by atoms with Gasteiger partial charge in [0.15, 0.2) is 0 Å². The lowest BCUT2D eigenvalue weighted by Crippen LogP contribution is -2.30. The zero-order chi connectivity index (χ0) is 26.4. The number of aliphatic hydroxyl groups excluding tert-OH is 2. The van der Waals surface area contributed by atoms with E-state index in [-0.39, 0.29) is 30.3 Å². The molecule has 0 fully saturated rings. The molecule has 0 amide bonds. The molecule has 0 aliphatic carbocycles. The summed E-state index contributed by atoms with van der Waals surface area (Å²) in [6.07, 6.45) is 18.2. The number of rotatable bonds is 1. The number of ether oxygens (including phenoxy) is 2. The molecule has 0 aromatic carbocycles. The van der Waals surface area contributed by atoms with E-state index in [1.54, 1.807) is 25.3 Å². The van der Waals surface area contributed by atoms with Crippen molar-refractivity contribution in [3.05, 3.63) is 83.1 Å². The van der Waals surface area contributed by atoms with E-state index < -0.39 is 12.2 Å². The van der Waals surface area contributed by atoms with E-state index in [0.29, 0.717) is 13.0 Å². The number of aliphatic hydroxyl groups is 2. The van der Waals surface area contributed by atoms with Crippen molar-refractivity contribution in [1.82, 2.24) is 0 Å². The minimum atomic E-state index is -0.674. The van der Waals surface area contributed by atoms with Crippen molar-refractivity contribution in [2.24, 2.45) is 11.8 Å². The van der Waals surface area contributed by atoms with Gasteiger partial charge in [0, 0.05) is 18.9 Å². The molecule has 0 saturated heterocycles. The third-order valence-electron chi connectivity index (χ3n) is 5.94. The van der Waals surface area contributed by atoms with E-state index in [0.717, 1.165) is 22.3 Å². The summed E-state index contributed by atoms with van der Waals surface area (Å²) in [6.45, 7) is 12.1. The highest BCUT2D eigenvalue weighted by molar-refractivity contribution is 5.71. The molecule has 35 heavy (non-hydrogen) atoms. The first kappa shape index (κ1) is 30.6. The predicted molar refractivity (Wildman–Crippen MR) is 144 cm³/mol. The van der Waals surface area contributed by atoms with E-state index >= 15 is 0 Å².